The SMILES string of the molecule is C.CN(C)c1ccc2c(-c3c(Cl)cc(C(=O)NCc4ccc(C(=O)NCc5c(O)ccc6c(-c7cc(C(=O)ON8C(=O)CCC8=O)ccc7C(=O)O)c7ccc(=O)cc-7oc56)cc4)c(Cl)c3C(=O)O)c3ccc(=[N+](C)C)cc-3oc2c1. The first-order valence-corrected chi connectivity index (χ1v) is 25.2. The van der Waals surface area contributed by atoms with Crippen LogP contribution in [0.25, 0.3) is 66.8 Å². The summed E-state index contributed by atoms with van der Waals surface area (Å²) in [4.78, 5) is 111. The molecule has 19 nitrogen and oxygen atoms in total. The number of aromatic hydroxyl groups is 1. The van der Waals surface area contributed by atoms with Crippen molar-refractivity contribution in [1.82, 2.24) is 20.3 Å². The summed E-state index contributed by atoms with van der Waals surface area (Å²) in [5.74, 6) is -6.67. The molecule has 5 N–H and O–H groups in total. The van der Waals surface area contributed by atoms with E-state index in [2.05, 4.69) is 10.6 Å². The minimum absolute atomic E-state index is 0. The number of benzene rings is 7. The summed E-state index contributed by atoms with van der Waals surface area (Å²) in [5.41, 5.74) is 1.80. The third kappa shape index (κ3) is 10.5. The van der Waals surface area contributed by atoms with Crippen LogP contribution in [0.15, 0.2) is 129 Å². The van der Waals surface area contributed by atoms with Crippen LogP contribution >= 0.6 is 23.2 Å². The van der Waals surface area contributed by atoms with Gasteiger partial charge in [-0.1, -0.05) is 42.8 Å². The smallest absolute Gasteiger partial charge is 0.363 e. The number of hydrogen-bond acceptors (Lipinski definition) is 13. The van der Waals surface area contributed by atoms with Gasteiger partial charge in [0.2, 0.25) is 5.36 Å². The number of phenolic OH excluding ortho intramolecular Hbond substituents is 1. The lowest BCUT2D eigenvalue weighted by atomic mass is 9.89. The van der Waals surface area contributed by atoms with Crippen molar-refractivity contribution >= 4 is 92.4 Å². The van der Waals surface area contributed by atoms with E-state index < -0.39 is 52.5 Å². The van der Waals surface area contributed by atoms with E-state index in [1.165, 1.54) is 48.5 Å². The van der Waals surface area contributed by atoms with Crippen LogP contribution in [0.4, 0.5) is 5.69 Å². The average molecular weight is 1130 g/mol. The first-order valence-electron chi connectivity index (χ1n) is 24.5. The Labute approximate surface area is 470 Å². The van der Waals surface area contributed by atoms with Crippen LogP contribution in [0.1, 0.15) is 83.2 Å². The van der Waals surface area contributed by atoms with Crippen LogP contribution in [-0.2, 0) is 27.5 Å². The molecule has 21 heteroatoms. The number of rotatable bonds is 13. The van der Waals surface area contributed by atoms with Gasteiger partial charge in [0, 0.05) is 102 Å². The molecule has 410 valence electrons. The molecular formula is C60H48Cl2N5O14+. The molecule has 5 aliphatic rings. The van der Waals surface area contributed by atoms with Gasteiger partial charge in [0.25, 0.3) is 23.6 Å². The number of carbonyl (C=O) groups is 7. The van der Waals surface area contributed by atoms with E-state index in [4.69, 9.17) is 36.9 Å². The van der Waals surface area contributed by atoms with Crippen molar-refractivity contribution in [2.75, 3.05) is 33.1 Å². The van der Waals surface area contributed by atoms with Crippen molar-refractivity contribution in [3.8, 4) is 50.7 Å². The number of carboxylic acids is 2. The Morgan fingerprint density at radius 3 is 2.00 bits per heavy atom. The minimum atomic E-state index is -1.43. The number of hydroxylamine groups is 2. The molecule has 3 aliphatic heterocycles. The normalized spacial score (nSPS) is 12.2. The Kier molecular flexibility index (Phi) is 15.3. The highest BCUT2D eigenvalue weighted by atomic mass is 35.5. The van der Waals surface area contributed by atoms with Crippen molar-refractivity contribution in [3.63, 3.8) is 0 Å². The van der Waals surface area contributed by atoms with Gasteiger partial charge >= 0.3 is 17.9 Å². The molecule has 1 fully saturated rings. The Balaban J connectivity index is 0.00000792. The van der Waals surface area contributed by atoms with Crippen LogP contribution in [0.3, 0.4) is 0 Å². The zero-order valence-corrected chi connectivity index (χ0v) is 44.2. The van der Waals surface area contributed by atoms with Gasteiger partial charge in [-0.3, -0.25) is 24.0 Å². The van der Waals surface area contributed by atoms with Crippen molar-refractivity contribution in [3.05, 3.63) is 180 Å². The van der Waals surface area contributed by atoms with Crippen molar-refractivity contribution in [2.24, 2.45) is 0 Å². The Morgan fingerprint density at radius 1 is 0.667 bits per heavy atom. The molecule has 0 atom stereocenters. The molecule has 0 bridgehead atoms. The largest absolute Gasteiger partial charge is 0.507 e. The van der Waals surface area contributed by atoms with E-state index in [0.717, 1.165) is 29.2 Å². The molecule has 4 amide bonds. The van der Waals surface area contributed by atoms with Gasteiger partial charge in [0.15, 0.2) is 5.43 Å². The van der Waals surface area contributed by atoms with E-state index >= 15 is 0 Å². The molecule has 0 aromatic heterocycles. The quantitative estimate of drug-likeness (QED) is 0.0409. The van der Waals surface area contributed by atoms with Crippen molar-refractivity contribution in [2.45, 2.75) is 33.4 Å². The molecule has 2 aliphatic carbocycles. The average Bonchev–Trinajstić information content (AvgIpc) is 3.80. The molecule has 5 aromatic carbocycles. The fraction of sp³-hybridized carbons (Fsp3) is 0.150. The van der Waals surface area contributed by atoms with Crippen LogP contribution in [0.5, 0.6) is 5.75 Å². The molecule has 0 radical (unpaired) electrons. The number of amides is 4. The van der Waals surface area contributed by atoms with Crippen LogP contribution < -0.4 is 30.9 Å². The Bertz CT molecular complexity index is 4220. The van der Waals surface area contributed by atoms with Gasteiger partial charge < -0.3 is 44.5 Å². The predicted molar refractivity (Wildman–Crippen MR) is 302 cm³/mol. The first kappa shape index (κ1) is 55.9. The number of imide groups is 1. The summed E-state index contributed by atoms with van der Waals surface area (Å²) >= 11 is 13.9. The highest BCUT2D eigenvalue weighted by Gasteiger charge is 2.35. The van der Waals surface area contributed by atoms with Gasteiger partial charge in [-0.25, -0.2) is 19.0 Å². The number of nitrogens with one attached hydrogen (secondary N) is 2. The molecular weight excluding hydrogens is 1090 g/mol. The second-order valence-corrected chi connectivity index (χ2v) is 19.9. The second-order valence-electron chi connectivity index (χ2n) is 19.1. The lowest BCUT2D eigenvalue weighted by molar-refractivity contribution is -0.172. The molecule has 1 saturated heterocycles. The topological polar surface area (TPSA) is 266 Å². The molecule has 0 saturated carbocycles. The summed E-state index contributed by atoms with van der Waals surface area (Å²) in [6.45, 7) is -0.447. The van der Waals surface area contributed by atoms with Crippen LogP contribution in [-0.4, -0.2) is 90.1 Å². The Hall–Kier alpha value is -9.85. The molecule has 81 heavy (non-hydrogen) atoms. The minimum Gasteiger partial charge on any atom is -0.507 e. The fourth-order valence-corrected chi connectivity index (χ4v) is 10.2. The number of nitrogens with zero attached hydrogens (tertiary/aromatic N) is 3. The maximum Gasteiger partial charge on any atom is 0.363 e. The maximum atomic E-state index is 13.9. The van der Waals surface area contributed by atoms with Crippen LogP contribution in [0, 0.1) is 0 Å². The number of aromatic carboxylic acids is 2. The molecule has 10 rings (SSSR count). The summed E-state index contributed by atoms with van der Waals surface area (Å²) in [6, 6.07) is 28.4. The summed E-state index contributed by atoms with van der Waals surface area (Å²) < 4.78 is 14.5. The highest BCUT2D eigenvalue weighted by molar-refractivity contribution is 6.41. The third-order valence-corrected chi connectivity index (χ3v) is 14.3. The molecule has 0 spiro atoms. The Morgan fingerprint density at radius 2 is 1.32 bits per heavy atom. The molecule has 5 aromatic rings. The molecule has 0 unspecified atom stereocenters. The van der Waals surface area contributed by atoms with Gasteiger partial charge in [-0.15, -0.1) is 5.06 Å². The van der Waals surface area contributed by atoms with E-state index in [1.807, 2.05) is 74.1 Å². The van der Waals surface area contributed by atoms with E-state index in [0.29, 0.717) is 38.5 Å². The lowest BCUT2D eigenvalue weighted by Crippen LogP contribution is -2.32. The summed E-state index contributed by atoms with van der Waals surface area (Å²) in [7, 11) is 7.52. The van der Waals surface area contributed by atoms with Gasteiger partial charge in [-0.05, 0) is 90.0 Å². The standard InChI is InChI=1S/C59H43Cl2N5O14.CH4/c1-64(2)31-10-14-36-44(22-31)78-45-23-32(65(3)4)11-15-37(45)50(36)51-42(60)25-40(53(61)52(51)58(75)76)56(72)62-26-28-5-7-29(8-6-28)55(71)63-27-41-43(68)18-17-38-49(35-16-12-33(67)24-46(35)79-54(38)41)39-21-30(9-13-34(39)57(73)74)59(77)80-66-47(69)19-20-48(66)70;/h5-18,21-25H,19-20,26-27H2,1-4H3,(H4-,62,63,67,68,71,72,73,74,75,76);1H4/p+1. The predicted octanol–water partition coefficient (Wildman–Crippen LogP) is 9.31. The number of fused-ring (bicyclic) bond motifs is 4. The zero-order valence-electron chi connectivity index (χ0n) is 42.7. The third-order valence-electron chi connectivity index (χ3n) is 13.6. The van der Waals surface area contributed by atoms with Crippen molar-refractivity contribution in [1.29, 1.82) is 0 Å². The number of hydrogen-bond donors (Lipinski definition) is 5. The first-order chi connectivity index (χ1) is 38.2. The number of anilines is 1. The number of carboxylic acid groups (broad SMARTS) is 2. The van der Waals surface area contributed by atoms with E-state index in [1.54, 1.807) is 12.1 Å². The number of halogens is 2. The maximum absolute atomic E-state index is 13.9. The highest BCUT2D eigenvalue weighted by Crippen LogP contribution is 2.48. The number of carbonyl (C=O) groups excluding carboxylic acids is 5. The monoisotopic (exact) mass is 1130 g/mol. The van der Waals surface area contributed by atoms with E-state index in [-0.39, 0.29) is 116 Å². The fourth-order valence-electron chi connectivity index (χ4n) is 9.55. The van der Waals surface area contributed by atoms with E-state index in [9.17, 15) is 53.7 Å². The van der Waals surface area contributed by atoms with Gasteiger partial charge in [0.1, 0.15) is 42.5 Å². The summed E-state index contributed by atoms with van der Waals surface area (Å²) in [6.07, 6.45) is -0.308. The number of phenols is 1. The van der Waals surface area contributed by atoms with Gasteiger partial charge in [0.05, 0.1) is 50.5 Å². The van der Waals surface area contributed by atoms with Gasteiger partial charge in [-0.2, -0.15) is 0 Å². The van der Waals surface area contributed by atoms with Crippen molar-refractivity contribution < 1.29 is 62.6 Å². The van der Waals surface area contributed by atoms with Crippen LogP contribution in [0.2, 0.25) is 10.0 Å². The lowest BCUT2D eigenvalue weighted by Gasteiger charge is -2.21. The summed E-state index contributed by atoms with van der Waals surface area (Å²) in [5, 5.41) is 39.4. The molecule has 3 heterocycles. The second kappa shape index (κ2) is 22.1. The zero-order chi connectivity index (χ0) is 57.0.